The number of rotatable bonds is 9. The van der Waals surface area contributed by atoms with Gasteiger partial charge in [0.1, 0.15) is 12.3 Å². The van der Waals surface area contributed by atoms with Crippen molar-refractivity contribution in [3.8, 4) is 5.75 Å². The molecule has 0 aliphatic rings. The van der Waals surface area contributed by atoms with Gasteiger partial charge in [-0.3, -0.25) is 19.1 Å². The Hall–Kier alpha value is -4.14. The van der Waals surface area contributed by atoms with Gasteiger partial charge >= 0.3 is 0 Å². The van der Waals surface area contributed by atoms with Crippen molar-refractivity contribution in [1.29, 1.82) is 0 Å². The molecule has 0 fully saturated rings. The Labute approximate surface area is 192 Å². The van der Waals surface area contributed by atoms with Crippen LogP contribution in [0.1, 0.15) is 30.5 Å². The number of nitrogens with zero attached hydrogens (tertiary/aromatic N) is 2. The van der Waals surface area contributed by atoms with Gasteiger partial charge in [0.05, 0.1) is 31.5 Å². The number of hydrogen-bond donors (Lipinski definition) is 3. The van der Waals surface area contributed by atoms with Gasteiger partial charge in [0, 0.05) is 18.8 Å². The molecule has 0 saturated heterocycles. The van der Waals surface area contributed by atoms with Crippen molar-refractivity contribution >= 4 is 29.1 Å². The maximum atomic E-state index is 12.6. The zero-order valence-corrected chi connectivity index (χ0v) is 18.8. The standard InChI is InChI=1S/C24H27N5O4/c1-16-4-6-18(7-5-16)22(26-17(2)30)12-23(31)28-20-13-25-29(14-20)15-24(32)27-19-8-10-21(33-3)11-9-19/h4-11,13-14,22H,12,15H2,1-3H3,(H,26,30)(H,27,32)(H,28,31). The van der Waals surface area contributed by atoms with Gasteiger partial charge in [-0.1, -0.05) is 29.8 Å². The van der Waals surface area contributed by atoms with Crippen molar-refractivity contribution in [2.75, 3.05) is 17.7 Å². The first-order valence-corrected chi connectivity index (χ1v) is 10.4. The number of aryl methyl sites for hydroxylation is 1. The quantitative estimate of drug-likeness (QED) is 0.465. The normalized spacial score (nSPS) is 11.4. The zero-order chi connectivity index (χ0) is 23.8. The number of amides is 3. The Morgan fingerprint density at radius 1 is 0.970 bits per heavy atom. The number of nitrogens with one attached hydrogen (secondary N) is 3. The molecule has 3 aromatic rings. The first-order chi connectivity index (χ1) is 15.8. The van der Waals surface area contributed by atoms with Crippen molar-refractivity contribution in [2.45, 2.75) is 32.9 Å². The van der Waals surface area contributed by atoms with Gasteiger partial charge in [0.2, 0.25) is 17.7 Å². The molecule has 0 radical (unpaired) electrons. The second-order valence-corrected chi connectivity index (χ2v) is 7.62. The van der Waals surface area contributed by atoms with Crippen molar-refractivity contribution in [3.05, 3.63) is 72.1 Å². The number of benzene rings is 2. The van der Waals surface area contributed by atoms with Crippen LogP contribution in [0, 0.1) is 6.92 Å². The molecular weight excluding hydrogens is 422 g/mol. The predicted octanol–water partition coefficient (Wildman–Crippen LogP) is 3.04. The van der Waals surface area contributed by atoms with Crippen LogP contribution in [0.25, 0.3) is 0 Å². The van der Waals surface area contributed by atoms with Gasteiger partial charge in [-0.05, 0) is 36.8 Å². The van der Waals surface area contributed by atoms with E-state index in [9.17, 15) is 14.4 Å². The summed E-state index contributed by atoms with van der Waals surface area (Å²) in [5, 5.41) is 12.5. The van der Waals surface area contributed by atoms with E-state index in [0.29, 0.717) is 17.1 Å². The maximum absolute atomic E-state index is 12.6. The van der Waals surface area contributed by atoms with E-state index in [4.69, 9.17) is 4.74 Å². The maximum Gasteiger partial charge on any atom is 0.246 e. The van der Waals surface area contributed by atoms with Crippen molar-refractivity contribution in [3.63, 3.8) is 0 Å². The highest BCUT2D eigenvalue weighted by Crippen LogP contribution is 2.19. The fourth-order valence-corrected chi connectivity index (χ4v) is 3.23. The number of methoxy groups -OCH3 is 1. The molecule has 0 saturated carbocycles. The summed E-state index contributed by atoms with van der Waals surface area (Å²) in [4.78, 5) is 36.4. The molecule has 3 rings (SSSR count). The van der Waals surface area contributed by atoms with E-state index in [1.165, 1.54) is 17.8 Å². The van der Waals surface area contributed by atoms with Crippen LogP contribution >= 0.6 is 0 Å². The monoisotopic (exact) mass is 449 g/mol. The van der Waals surface area contributed by atoms with E-state index in [0.717, 1.165) is 11.1 Å². The highest BCUT2D eigenvalue weighted by Gasteiger charge is 2.18. The lowest BCUT2D eigenvalue weighted by Crippen LogP contribution is -2.29. The summed E-state index contributed by atoms with van der Waals surface area (Å²) in [7, 11) is 1.57. The summed E-state index contributed by atoms with van der Waals surface area (Å²) in [5.74, 6) is -0.0598. The summed E-state index contributed by atoms with van der Waals surface area (Å²) in [6.45, 7) is 3.37. The smallest absolute Gasteiger partial charge is 0.246 e. The third-order valence-corrected chi connectivity index (χ3v) is 4.84. The molecule has 1 aromatic heterocycles. The van der Waals surface area contributed by atoms with Gasteiger partial charge in [-0.25, -0.2) is 0 Å². The molecule has 0 aliphatic heterocycles. The van der Waals surface area contributed by atoms with E-state index >= 15 is 0 Å². The minimum absolute atomic E-state index is 0.0141. The van der Waals surface area contributed by atoms with Gasteiger partial charge in [0.15, 0.2) is 0 Å². The van der Waals surface area contributed by atoms with Gasteiger partial charge in [0.25, 0.3) is 0 Å². The van der Waals surface area contributed by atoms with Crippen LogP contribution in [0.3, 0.4) is 0 Å². The summed E-state index contributed by atoms with van der Waals surface area (Å²) >= 11 is 0. The summed E-state index contributed by atoms with van der Waals surface area (Å²) in [6, 6.07) is 14.2. The van der Waals surface area contributed by atoms with Crippen molar-refractivity contribution < 1.29 is 19.1 Å². The highest BCUT2D eigenvalue weighted by atomic mass is 16.5. The average Bonchev–Trinajstić information content (AvgIpc) is 3.20. The Morgan fingerprint density at radius 2 is 1.64 bits per heavy atom. The van der Waals surface area contributed by atoms with Crippen LogP contribution in [0.4, 0.5) is 11.4 Å². The van der Waals surface area contributed by atoms with Crippen molar-refractivity contribution in [1.82, 2.24) is 15.1 Å². The Balaban J connectivity index is 1.55. The van der Waals surface area contributed by atoms with Crippen LogP contribution in [-0.2, 0) is 20.9 Å². The van der Waals surface area contributed by atoms with Gasteiger partial charge < -0.3 is 20.7 Å². The molecule has 0 bridgehead atoms. The topological polar surface area (TPSA) is 114 Å². The highest BCUT2D eigenvalue weighted by molar-refractivity contribution is 5.92. The Morgan fingerprint density at radius 3 is 2.27 bits per heavy atom. The van der Waals surface area contributed by atoms with E-state index in [1.54, 1.807) is 37.6 Å². The third-order valence-electron chi connectivity index (χ3n) is 4.84. The minimum Gasteiger partial charge on any atom is -0.497 e. The van der Waals surface area contributed by atoms with Crippen LogP contribution < -0.4 is 20.7 Å². The molecule has 1 atom stereocenters. The largest absolute Gasteiger partial charge is 0.497 e. The summed E-state index contributed by atoms with van der Waals surface area (Å²) in [5.41, 5.74) is 3.04. The lowest BCUT2D eigenvalue weighted by atomic mass is 10.0. The molecule has 0 aliphatic carbocycles. The van der Waals surface area contributed by atoms with E-state index in [-0.39, 0.29) is 30.7 Å². The van der Waals surface area contributed by atoms with E-state index in [2.05, 4.69) is 21.0 Å². The molecule has 2 aromatic carbocycles. The number of ether oxygens (including phenoxy) is 1. The molecule has 9 nitrogen and oxygen atoms in total. The molecule has 1 heterocycles. The molecular formula is C24H27N5O4. The number of hydrogen-bond acceptors (Lipinski definition) is 5. The number of aromatic nitrogens is 2. The number of carbonyl (C=O) groups is 3. The summed E-state index contributed by atoms with van der Waals surface area (Å²) < 4.78 is 6.53. The first kappa shape index (κ1) is 23.5. The molecule has 3 amide bonds. The SMILES string of the molecule is COc1ccc(NC(=O)Cn2cc(NC(=O)CC(NC(C)=O)c3ccc(C)cc3)cn2)cc1. The molecule has 1 unspecified atom stereocenters. The van der Waals surface area contributed by atoms with Gasteiger partial charge in [-0.15, -0.1) is 0 Å². The van der Waals surface area contributed by atoms with E-state index < -0.39 is 6.04 Å². The second-order valence-electron chi connectivity index (χ2n) is 7.62. The lowest BCUT2D eigenvalue weighted by Gasteiger charge is -2.18. The number of anilines is 2. The van der Waals surface area contributed by atoms with Crippen LogP contribution in [-0.4, -0.2) is 34.6 Å². The lowest BCUT2D eigenvalue weighted by molar-refractivity contribution is -0.120. The summed E-state index contributed by atoms with van der Waals surface area (Å²) in [6.07, 6.45) is 3.11. The molecule has 9 heteroatoms. The molecule has 172 valence electrons. The first-order valence-electron chi connectivity index (χ1n) is 10.4. The Kier molecular flexibility index (Phi) is 7.80. The van der Waals surface area contributed by atoms with E-state index in [1.807, 2.05) is 31.2 Å². The number of carbonyl (C=O) groups excluding carboxylic acids is 3. The predicted molar refractivity (Wildman–Crippen MR) is 125 cm³/mol. The Bertz CT molecular complexity index is 1110. The van der Waals surface area contributed by atoms with Crippen LogP contribution in [0.2, 0.25) is 0 Å². The minimum atomic E-state index is -0.451. The average molecular weight is 450 g/mol. The fourth-order valence-electron chi connectivity index (χ4n) is 3.23. The third kappa shape index (κ3) is 7.20. The zero-order valence-electron chi connectivity index (χ0n) is 18.8. The molecule has 3 N–H and O–H groups in total. The van der Waals surface area contributed by atoms with Crippen LogP contribution in [0.15, 0.2) is 60.9 Å². The second kappa shape index (κ2) is 10.9. The molecule has 33 heavy (non-hydrogen) atoms. The molecule has 0 spiro atoms. The van der Waals surface area contributed by atoms with Crippen LogP contribution in [0.5, 0.6) is 5.75 Å². The fraction of sp³-hybridized carbons (Fsp3) is 0.250. The van der Waals surface area contributed by atoms with Crippen molar-refractivity contribution in [2.24, 2.45) is 0 Å². The van der Waals surface area contributed by atoms with Gasteiger partial charge in [-0.2, -0.15) is 5.10 Å².